The third-order valence-corrected chi connectivity index (χ3v) is 5.62. The summed E-state index contributed by atoms with van der Waals surface area (Å²) in [5.74, 6) is -1.82. The maximum absolute atomic E-state index is 13.3. The Balaban J connectivity index is 1.73. The van der Waals surface area contributed by atoms with E-state index in [1.165, 1.54) is 53.9 Å². The number of nitrogens with one attached hydrogen (secondary N) is 1. The second kappa shape index (κ2) is 7.53. The van der Waals surface area contributed by atoms with E-state index in [0.717, 1.165) is 12.3 Å². The maximum atomic E-state index is 13.3. The molecule has 0 unspecified atom stereocenters. The third kappa shape index (κ3) is 4.95. The highest BCUT2D eigenvalue weighted by atomic mass is 32.2. The van der Waals surface area contributed by atoms with Gasteiger partial charge in [0.15, 0.2) is 15.0 Å². The van der Waals surface area contributed by atoms with Crippen LogP contribution < -0.4 is 5.32 Å². The molecule has 27 heavy (non-hydrogen) atoms. The van der Waals surface area contributed by atoms with Crippen LogP contribution in [-0.2, 0) is 16.3 Å². The van der Waals surface area contributed by atoms with Crippen LogP contribution in [-0.4, -0.2) is 25.6 Å². The molecule has 0 atom stereocenters. The SMILES string of the molecule is CS(=O)(=O)c1cccc(C(=O)Nc2ncc(Cc3cc(F)cc(F)c3)s2)c1. The standard InChI is InChI=1S/C18H14F2N2O3S2/c1-27(24,25)16-4-2-3-12(8-16)17(23)22-18-21-10-15(26-18)7-11-5-13(19)9-14(20)6-11/h2-6,8-10H,7H2,1H3,(H,21,22,23). The highest BCUT2D eigenvalue weighted by Gasteiger charge is 2.13. The number of thiazole rings is 1. The van der Waals surface area contributed by atoms with E-state index in [4.69, 9.17) is 0 Å². The van der Waals surface area contributed by atoms with Crippen LogP contribution in [0.4, 0.5) is 13.9 Å². The molecule has 1 N–H and O–H groups in total. The predicted octanol–water partition coefficient (Wildman–Crippen LogP) is 3.67. The van der Waals surface area contributed by atoms with Crippen LogP contribution >= 0.6 is 11.3 Å². The van der Waals surface area contributed by atoms with E-state index in [1.54, 1.807) is 0 Å². The average molecular weight is 408 g/mol. The van der Waals surface area contributed by atoms with Gasteiger partial charge in [0.25, 0.3) is 5.91 Å². The van der Waals surface area contributed by atoms with Crippen LogP contribution in [0.3, 0.4) is 0 Å². The molecule has 3 rings (SSSR count). The van der Waals surface area contributed by atoms with Crippen molar-refractivity contribution in [1.82, 2.24) is 4.98 Å². The third-order valence-electron chi connectivity index (χ3n) is 3.60. The van der Waals surface area contributed by atoms with Gasteiger partial charge in [-0.05, 0) is 35.9 Å². The molecule has 1 aromatic heterocycles. The second-order valence-electron chi connectivity index (χ2n) is 5.84. The molecule has 0 spiro atoms. The number of carbonyl (C=O) groups excluding carboxylic acids is 1. The summed E-state index contributed by atoms with van der Waals surface area (Å²) < 4.78 is 49.7. The minimum absolute atomic E-state index is 0.0445. The first-order valence-corrected chi connectivity index (χ1v) is 10.4. The Labute approximate surface area is 158 Å². The number of halogens is 2. The van der Waals surface area contributed by atoms with Crippen molar-refractivity contribution in [3.63, 3.8) is 0 Å². The van der Waals surface area contributed by atoms with E-state index in [2.05, 4.69) is 10.3 Å². The number of nitrogens with zero attached hydrogens (tertiary/aromatic N) is 1. The Hall–Kier alpha value is -2.65. The van der Waals surface area contributed by atoms with Crippen molar-refractivity contribution >= 4 is 32.2 Å². The molecule has 0 aliphatic heterocycles. The first-order valence-electron chi connectivity index (χ1n) is 7.72. The molecule has 2 aromatic carbocycles. The molecule has 0 bridgehead atoms. The summed E-state index contributed by atoms with van der Waals surface area (Å²) in [4.78, 5) is 17.1. The van der Waals surface area contributed by atoms with Crippen LogP contribution in [0, 0.1) is 11.6 Å². The van der Waals surface area contributed by atoms with Gasteiger partial charge in [-0.25, -0.2) is 22.2 Å². The van der Waals surface area contributed by atoms with Gasteiger partial charge in [0.2, 0.25) is 0 Å². The number of anilines is 1. The van der Waals surface area contributed by atoms with E-state index in [9.17, 15) is 22.0 Å². The van der Waals surface area contributed by atoms with E-state index in [-0.39, 0.29) is 16.9 Å². The number of carbonyl (C=O) groups is 1. The average Bonchev–Trinajstić information content (AvgIpc) is 3.00. The second-order valence-corrected chi connectivity index (χ2v) is 8.97. The number of hydrogen-bond donors (Lipinski definition) is 1. The fraction of sp³-hybridized carbons (Fsp3) is 0.111. The number of aromatic nitrogens is 1. The lowest BCUT2D eigenvalue weighted by Crippen LogP contribution is -2.12. The molecule has 9 heteroatoms. The van der Waals surface area contributed by atoms with Gasteiger partial charge in [-0.1, -0.05) is 6.07 Å². The van der Waals surface area contributed by atoms with Crippen LogP contribution in [0.2, 0.25) is 0 Å². The topological polar surface area (TPSA) is 76.1 Å². The van der Waals surface area contributed by atoms with Crippen molar-refractivity contribution in [1.29, 1.82) is 0 Å². The molecule has 0 aliphatic carbocycles. The largest absolute Gasteiger partial charge is 0.298 e. The van der Waals surface area contributed by atoms with E-state index < -0.39 is 27.4 Å². The highest BCUT2D eigenvalue weighted by molar-refractivity contribution is 7.90. The molecular weight excluding hydrogens is 394 g/mol. The summed E-state index contributed by atoms with van der Waals surface area (Å²) in [7, 11) is -3.42. The van der Waals surface area contributed by atoms with Crippen molar-refractivity contribution in [3.8, 4) is 0 Å². The van der Waals surface area contributed by atoms with Crippen LogP contribution in [0.5, 0.6) is 0 Å². The van der Waals surface area contributed by atoms with Crippen molar-refractivity contribution in [2.24, 2.45) is 0 Å². The number of rotatable bonds is 5. The summed E-state index contributed by atoms with van der Waals surface area (Å²) in [5.41, 5.74) is 0.636. The summed E-state index contributed by atoms with van der Waals surface area (Å²) >= 11 is 1.17. The Morgan fingerprint density at radius 1 is 1.15 bits per heavy atom. The summed E-state index contributed by atoms with van der Waals surface area (Å²) in [5, 5.41) is 2.89. The molecule has 0 saturated carbocycles. The lowest BCUT2D eigenvalue weighted by Gasteiger charge is -2.04. The normalized spacial score (nSPS) is 11.4. The molecule has 1 heterocycles. The quantitative estimate of drug-likeness (QED) is 0.699. The molecule has 0 aliphatic rings. The van der Waals surface area contributed by atoms with Gasteiger partial charge in [-0.3, -0.25) is 10.1 Å². The molecular formula is C18H14F2N2O3S2. The summed E-state index contributed by atoms with van der Waals surface area (Å²) in [6.45, 7) is 0. The number of sulfone groups is 1. The predicted molar refractivity (Wildman–Crippen MR) is 98.8 cm³/mol. The van der Waals surface area contributed by atoms with Crippen molar-refractivity contribution in [2.45, 2.75) is 11.3 Å². The number of hydrogen-bond acceptors (Lipinski definition) is 5. The van der Waals surface area contributed by atoms with Crippen molar-refractivity contribution in [2.75, 3.05) is 11.6 Å². The molecule has 0 fully saturated rings. The van der Waals surface area contributed by atoms with Gasteiger partial charge >= 0.3 is 0 Å². The molecule has 0 radical (unpaired) electrons. The smallest absolute Gasteiger partial charge is 0.257 e. The lowest BCUT2D eigenvalue weighted by molar-refractivity contribution is 0.102. The van der Waals surface area contributed by atoms with Gasteiger partial charge in [0.1, 0.15) is 11.6 Å². The number of benzene rings is 2. The first kappa shape index (κ1) is 19.1. The van der Waals surface area contributed by atoms with Gasteiger partial charge in [0.05, 0.1) is 4.90 Å². The van der Waals surface area contributed by atoms with Gasteiger partial charge in [0, 0.05) is 35.4 Å². The Morgan fingerprint density at radius 2 is 1.85 bits per heavy atom. The van der Waals surface area contributed by atoms with Crippen molar-refractivity contribution in [3.05, 3.63) is 76.3 Å². The monoisotopic (exact) mass is 408 g/mol. The fourth-order valence-electron chi connectivity index (χ4n) is 2.40. The molecule has 0 saturated heterocycles. The molecule has 140 valence electrons. The van der Waals surface area contributed by atoms with Crippen LogP contribution in [0.1, 0.15) is 20.8 Å². The minimum Gasteiger partial charge on any atom is -0.298 e. The zero-order valence-corrected chi connectivity index (χ0v) is 15.7. The zero-order valence-electron chi connectivity index (χ0n) is 14.1. The van der Waals surface area contributed by atoms with Crippen LogP contribution in [0.25, 0.3) is 0 Å². The molecule has 1 amide bonds. The Bertz CT molecular complexity index is 1090. The Kier molecular flexibility index (Phi) is 5.33. The van der Waals surface area contributed by atoms with E-state index in [1.807, 2.05) is 0 Å². The Morgan fingerprint density at radius 3 is 2.52 bits per heavy atom. The lowest BCUT2D eigenvalue weighted by atomic mass is 10.1. The van der Waals surface area contributed by atoms with Gasteiger partial charge in [-0.2, -0.15) is 0 Å². The maximum Gasteiger partial charge on any atom is 0.257 e. The number of amides is 1. The van der Waals surface area contributed by atoms with Crippen LogP contribution in [0.15, 0.2) is 53.6 Å². The highest BCUT2D eigenvalue weighted by Crippen LogP contribution is 2.23. The fourth-order valence-corrected chi connectivity index (χ4v) is 3.91. The minimum atomic E-state index is -3.42. The van der Waals surface area contributed by atoms with E-state index >= 15 is 0 Å². The van der Waals surface area contributed by atoms with Crippen molar-refractivity contribution < 1.29 is 22.0 Å². The zero-order chi connectivity index (χ0) is 19.6. The molecule has 5 nitrogen and oxygen atoms in total. The van der Waals surface area contributed by atoms with Gasteiger partial charge in [-0.15, -0.1) is 11.3 Å². The van der Waals surface area contributed by atoms with Gasteiger partial charge < -0.3 is 0 Å². The molecule has 3 aromatic rings. The first-order chi connectivity index (χ1) is 12.7. The summed E-state index contributed by atoms with van der Waals surface area (Å²) in [6, 6.07) is 8.94. The summed E-state index contributed by atoms with van der Waals surface area (Å²) in [6.07, 6.45) is 2.84. The van der Waals surface area contributed by atoms with E-state index in [0.29, 0.717) is 15.6 Å².